The molecule has 1 saturated carbocycles. The van der Waals surface area contributed by atoms with Crippen LogP contribution in [-0.4, -0.2) is 101 Å². The predicted molar refractivity (Wildman–Crippen MR) is 263 cm³/mol. The molecule has 1 unspecified atom stereocenters. The summed E-state index contributed by atoms with van der Waals surface area (Å²) in [6.07, 6.45) is 3.88. The summed E-state index contributed by atoms with van der Waals surface area (Å²) in [4.78, 5) is 76.9. The lowest BCUT2D eigenvalue weighted by atomic mass is 9.99. The molecule has 5 N–H and O–H groups in total. The maximum atomic E-state index is 14.5. The van der Waals surface area contributed by atoms with Crippen LogP contribution in [0.25, 0.3) is 22.3 Å². The van der Waals surface area contributed by atoms with Gasteiger partial charge in [0.25, 0.3) is 15.9 Å². The summed E-state index contributed by atoms with van der Waals surface area (Å²) in [5.74, 6) is -2.70. The molecule has 2 aromatic heterocycles. The van der Waals surface area contributed by atoms with E-state index < -0.39 is 69.0 Å². The number of sulfonamides is 1. The van der Waals surface area contributed by atoms with Gasteiger partial charge in [0, 0.05) is 54.1 Å². The monoisotopic (exact) mass is 989 g/mol. The molecule has 2 aromatic carbocycles. The van der Waals surface area contributed by atoms with E-state index in [1.807, 2.05) is 32.2 Å². The van der Waals surface area contributed by atoms with Gasteiger partial charge in [0.2, 0.25) is 11.8 Å². The topological polar surface area (TPSA) is 245 Å². The molecule has 18 nitrogen and oxygen atoms in total. The van der Waals surface area contributed by atoms with Gasteiger partial charge in [-0.1, -0.05) is 50.8 Å². The van der Waals surface area contributed by atoms with Gasteiger partial charge in [0.1, 0.15) is 45.4 Å². The van der Waals surface area contributed by atoms with Crippen molar-refractivity contribution in [2.24, 2.45) is 11.8 Å². The summed E-state index contributed by atoms with van der Waals surface area (Å²) in [5.41, 5.74) is -1.00. The number of carbonyl (C=O) groups excluding carboxylic acids is 4. The van der Waals surface area contributed by atoms with E-state index in [1.54, 1.807) is 52.1 Å². The van der Waals surface area contributed by atoms with Gasteiger partial charge < -0.3 is 35.3 Å². The number of hydrogen-bond donors (Lipinski definition) is 5. The first-order valence-electron chi connectivity index (χ1n) is 23.1. The van der Waals surface area contributed by atoms with E-state index in [9.17, 15) is 32.4 Å². The van der Waals surface area contributed by atoms with Crippen molar-refractivity contribution in [1.29, 1.82) is 0 Å². The molecule has 0 bridgehead atoms. The number of fused-ring (bicyclic) bond motifs is 1. The number of hydrogen-bond acceptors (Lipinski definition) is 14. The lowest BCUT2D eigenvalue weighted by Gasteiger charge is -2.29. The summed E-state index contributed by atoms with van der Waals surface area (Å²) in [6, 6.07) is 11.8. The first-order chi connectivity index (χ1) is 32.6. The van der Waals surface area contributed by atoms with E-state index in [0.717, 1.165) is 30.8 Å². The van der Waals surface area contributed by atoms with Crippen LogP contribution in [-0.2, 0) is 33.9 Å². The third kappa shape index (κ3) is 13.5. The fourth-order valence-corrected chi connectivity index (χ4v) is 10.3. The number of pyridine rings is 1. The number of nitrogens with one attached hydrogen (secondary N) is 4. The molecular formula is C49H63N7O11S2. The molecule has 2 aliphatic rings. The van der Waals surface area contributed by atoms with Crippen molar-refractivity contribution < 1.29 is 51.7 Å². The first kappa shape index (κ1) is 52.1. The normalized spacial score (nSPS) is 19.4. The summed E-state index contributed by atoms with van der Waals surface area (Å²) in [7, 11) is -3.07. The van der Waals surface area contributed by atoms with Crippen LogP contribution in [0.1, 0.15) is 99.3 Å². The number of unbranched alkanes of at least 4 members (excludes halogenated alkanes) is 3. The Morgan fingerprint density at radius 1 is 1.01 bits per heavy atom. The smallest absolute Gasteiger partial charge is 0.411 e. The molecule has 372 valence electrons. The van der Waals surface area contributed by atoms with Crippen LogP contribution in [0.3, 0.4) is 0 Å². The van der Waals surface area contributed by atoms with Gasteiger partial charge in [-0.3, -0.25) is 24.1 Å². The minimum atomic E-state index is -4.63. The fourth-order valence-electron chi connectivity index (χ4n) is 8.22. The molecular weight excluding hydrogens is 927 g/mol. The molecule has 1 saturated heterocycles. The van der Waals surface area contributed by atoms with Gasteiger partial charge >= 0.3 is 12.1 Å². The number of carbonyl (C=O) groups is 5. The minimum absolute atomic E-state index is 0.0211. The number of para-hydroxylation sites is 1. The Morgan fingerprint density at radius 3 is 2.43 bits per heavy atom. The molecule has 5 atom stereocenters. The van der Waals surface area contributed by atoms with E-state index in [1.165, 1.54) is 40.5 Å². The highest BCUT2D eigenvalue weighted by atomic mass is 32.2. The second-order valence-corrected chi connectivity index (χ2v) is 21.5. The molecule has 3 heterocycles. The average Bonchev–Trinajstić information content (AvgIpc) is 3.53. The van der Waals surface area contributed by atoms with Gasteiger partial charge in [-0.05, 0) is 77.6 Å². The van der Waals surface area contributed by atoms with Crippen molar-refractivity contribution in [2.75, 3.05) is 24.3 Å². The molecule has 0 spiro atoms. The molecule has 4 amide bonds. The van der Waals surface area contributed by atoms with Crippen LogP contribution in [0.5, 0.6) is 11.5 Å². The number of carboxylic acids is 1. The molecule has 4 aromatic rings. The van der Waals surface area contributed by atoms with Crippen LogP contribution in [0.2, 0.25) is 0 Å². The Balaban J connectivity index is 1.19. The van der Waals surface area contributed by atoms with Crippen molar-refractivity contribution in [3.05, 3.63) is 66.6 Å². The number of nitrogens with zero attached hydrogens (tertiary/aromatic N) is 3. The zero-order chi connectivity index (χ0) is 50.3. The summed E-state index contributed by atoms with van der Waals surface area (Å²) in [5, 5.41) is 20.8. The Kier molecular flexibility index (Phi) is 16.6. The van der Waals surface area contributed by atoms with Gasteiger partial charge in [-0.2, -0.15) is 0 Å². The molecule has 0 radical (unpaired) electrons. The molecule has 1 aliphatic heterocycles. The fraction of sp³-hybridized carbons (Fsp3) is 0.490. The zero-order valence-electron chi connectivity index (χ0n) is 40.1. The summed E-state index contributed by atoms with van der Waals surface area (Å²) < 4.78 is 48.0. The number of amides is 4. The Morgan fingerprint density at radius 2 is 1.75 bits per heavy atom. The van der Waals surface area contributed by atoms with Crippen molar-refractivity contribution in [3.63, 3.8) is 0 Å². The standard InChI is InChI=1S/C49H63N7O11S2/c1-9-31-26-49(31,45(61)55-69(63,64)41-18-15-14-17-35(41)52-42(57)22-30(4)16-12-10-11-13-19-43(58)59)54-44(60)39-24-33(27-56(39)47(62)67-48(5,6)7)66-40-25-37(38-28-68-46(53-38)50-29(2)3)51-36-23-32(65-8)20-21-34(36)40/h9,14-15,17-18,20-21,23,25,28-31,33,39H,1,10-13,16,19,22,24,26-27H2,2-8H3,(H,50,53)(H,52,57)(H,54,60)(H,55,61)(H,58,59)/t30?,31-,33-,39+,49-/m1/s1. The minimum Gasteiger partial charge on any atom is -0.497 e. The third-order valence-corrected chi connectivity index (χ3v) is 13.9. The second kappa shape index (κ2) is 22.0. The number of thiazole rings is 1. The Labute approximate surface area is 407 Å². The average molecular weight is 990 g/mol. The van der Waals surface area contributed by atoms with E-state index in [4.69, 9.17) is 29.3 Å². The van der Waals surface area contributed by atoms with E-state index in [0.29, 0.717) is 40.2 Å². The lowest BCUT2D eigenvalue weighted by molar-refractivity contribution is -0.137. The van der Waals surface area contributed by atoms with E-state index in [2.05, 4.69) is 27.3 Å². The Bertz CT molecular complexity index is 2670. The van der Waals surface area contributed by atoms with Gasteiger partial charge in [-0.15, -0.1) is 17.9 Å². The summed E-state index contributed by atoms with van der Waals surface area (Å²) in [6.45, 7) is 14.8. The number of anilines is 2. The maximum absolute atomic E-state index is 14.5. The van der Waals surface area contributed by atoms with Crippen LogP contribution < -0.4 is 30.1 Å². The van der Waals surface area contributed by atoms with Gasteiger partial charge in [-0.25, -0.2) is 27.9 Å². The Hall–Kier alpha value is -6.28. The quantitative estimate of drug-likeness (QED) is 0.0371. The van der Waals surface area contributed by atoms with Crippen LogP contribution in [0, 0.1) is 11.8 Å². The number of aromatic nitrogens is 2. The highest BCUT2D eigenvalue weighted by Gasteiger charge is 2.61. The van der Waals surface area contributed by atoms with Crippen molar-refractivity contribution in [1.82, 2.24) is 24.9 Å². The number of rotatable bonds is 22. The van der Waals surface area contributed by atoms with E-state index in [-0.39, 0.29) is 54.8 Å². The second-order valence-electron chi connectivity index (χ2n) is 19.0. The number of ether oxygens (including phenoxy) is 3. The van der Waals surface area contributed by atoms with Gasteiger partial charge in [0.15, 0.2) is 5.13 Å². The van der Waals surface area contributed by atoms with Gasteiger partial charge in [0.05, 0.1) is 30.6 Å². The lowest BCUT2D eigenvalue weighted by Crippen LogP contribution is -2.56. The maximum Gasteiger partial charge on any atom is 0.411 e. The van der Waals surface area contributed by atoms with E-state index >= 15 is 0 Å². The number of likely N-dealkylation sites (tertiary alicyclic amines) is 1. The molecule has 69 heavy (non-hydrogen) atoms. The SMILES string of the molecule is C=C[C@@H]1C[C@]1(NC(=O)[C@@H]1C[C@@H](Oc2cc(-c3csc(NC(C)C)n3)nc3cc(OC)ccc23)CN1C(=O)OC(C)(C)C)C(=O)NS(=O)(=O)c1ccccc1NC(=O)CC(C)CCCCCCC(=O)O. The number of methoxy groups -OCH3 is 1. The van der Waals surface area contributed by atoms with Crippen molar-refractivity contribution >= 4 is 72.9 Å². The molecule has 1 aliphatic carbocycles. The van der Waals surface area contributed by atoms with Crippen LogP contribution in [0.4, 0.5) is 15.6 Å². The number of carboxylic acid groups (broad SMARTS) is 1. The first-order valence-corrected chi connectivity index (χ1v) is 25.5. The summed E-state index contributed by atoms with van der Waals surface area (Å²) >= 11 is 1.43. The zero-order valence-corrected chi connectivity index (χ0v) is 41.8. The molecule has 6 rings (SSSR count). The number of aliphatic carboxylic acids is 1. The highest BCUT2D eigenvalue weighted by molar-refractivity contribution is 7.90. The largest absolute Gasteiger partial charge is 0.497 e. The molecule has 20 heteroatoms. The predicted octanol–water partition coefficient (Wildman–Crippen LogP) is 7.90. The third-order valence-electron chi connectivity index (χ3n) is 11.7. The number of benzene rings is 2. The highest BCUT2D eigenvalue weighted by Crippen LogP contribution is 2.45. The van der Waals surface area contributed by atoms with Crippen molar-refractivity contribution in [2.45, 2.75) is 134 Å². The van der Waals surface area contributed by atoms with Crippen LogP contribution >= 0.6 is 11.3 Å². The van der Waals surface area contributed by atoms with Crippen LogP contribution in [0.15, 0.2) is 71.5 Å². The molecule has 2 fully saturated rings. The van der Waals surface area contributed by atoms with Crippen molar-refractivity contribution in [3.8, 4) is 22.9 Å².